The number of hydrogen-bond donors (Lipinski definition) is 0. The molecule has 1 aliphatic heterocycles. The van der Waals surface area contributed by atoms with E-state index in [1.54, 1.807) is 12.4 Å². The van der Waals surface area contributed by atoms with Gasteiger partial charge in [0, 0.05) is 36.3 Å². The maximum absolute atomic E-state index is 4.05. The average molecular weight is 156 g/mol. The van der Waals surface area contributed by atoms with Gasteiger partial charge in [0.2, 0.25) is 0 Å². The highest BCUT2D eigenvalue weighted by molar-refractivity contribution is 8.15. The molecule has 0 N–H and O–H groups in total. The van der Waals surface area contributed by atoms with Crippen molar-refractivity contribution < 1.29 is 0 Å². The lowest BCUT2D eigenvalue weighted by molar-refractivity contribution is 0.930. The molecule has 0 spiro atoms. The van der Waals surface area contributed by atoms with E-state index in [1.807, 2.05) is 0 Å². The molecule has 1 aromatic rings. The molecule has 0 unspecified atom stereocenters. The zero-order chi connectivity index (χ0) is 6.10. The molecule has 2 rings (SSSR count). The summed E-state index contributed by atoms with van der Waals surface area (Å²) in [6.45, 7) is 0. The predicted molar refractivity (Wildman–Crippen MR) is 35.9 cm³/mol. The van der Waals surface area contributed by atoms with Gasteiger partial charge in [0.25, 0.3) is 0 Å². The molecule has 1 aromatic heterocycles. The van der Waals surface area contributed by atoms with Gasteiger partial charge in [0.05, 0.1) is 0 Å². The fraction of sp³-hybridized carbons (Fsp3) is 0. The Morgan fingerprint density at radius 2 is 1.56 bits per heavy atom. The Balaban J connectivity index is 2.54. The summed E-state index contributed by atoms with van der Waals surface area (Å²) in [7, 11) is 0. The smallest absolute Gasteiger partial charge is 0.147 e. The summed E-state index contributed by atoms with van der Waals surface area (Å²) in [5.41, 5.74) is 0. The third kappa shape index (κ3) is 0.910. The molecule has 0 fully saturated rings. The molecule has 0 bridgehead atoms. The van der Waals surface area contributed by atoms with Crippen LogP contribution in [-0.4, -0.2) is 9.97 Å². The SMILES string of the molecule is c1cnc2c(n1)S[N]S2. The standard InChI is InChI=1S/C4H2N3S2/c1-2-6-4-3(5-1)8-7-9-4/h1-2H. The van der Waals surface area contributed by atoms with Crippen LogP contribution in [0, 0.1) is 0 Å². The maximum Gasteiger partial charge on any atom is 0.147 e. The van der Waals surface area contributed by atoms with Crippen LogP contribution in [0.5, 0.6) is 0 Å². The summed E-state index contributed by atoms with van der Waals surface area (Å²) in [5, 5.41) is 1.84. The van der Waals surface area contributed by atoms with Crippen molar-refractivity contribution >= 4 is 23.9 Å². The van der Waals surface area contributed by atoms with Crippen molar-refractivity contribution in [3.05, 3.63) is 12.4 Å². The van der Waals surface area contributed by atoms with Crippen molar-refractivity contribution in [3.63, 3.8) is 0 Å². The Bertz CT molecular complexity index is 204. The van der Waals surface area contributed by atoms with Crippen molar-refractivity contribution in [3.8, 4) is 0 Å². The van der Waals surface area contributed by atoms with Crippen molar-refractivity contribution in [2.24, 2.45) is 0 Å². The van der Waals surface area contributed by atoms with Crippen LogP contribution >= 0.6 is 23.9 Å². The van der Waals surface area contributed by atoms with Crippen LogP contribution in [0.2, 0.25) is 0 Å². The highest BCUT2D eigenvalue weighted by Gasteiger charge is 2.14. The first kappa shape index (κ1) is 5.52. The fourth-order valence-electron chi connectivity index (χ4n) is 0.527. The van der Waals surface area contributed by atoms with Gasteiger partial charge in [-0.25, -0.2) is 9.97 Å². The number of hydrogen-bond acceptors (Lipinski definition) is 4. The molecule has 0 atom stereocenters. The number of fused-ring (bicyclic) bond motifs is 1. The van der Waals surface area contributed by atoms with Crippen LogP contribution in [0.3, 0.4) is 0 Å². The summed E-state index contributed by atoms with van der Waals surface area (Å²) in [5.74, 6) is 0. The van der Waals surface area contributed by atoms with E-state index in [9.17, 15) is 0 Å². The summed E-state index contributed by atoms with van der Waals surface area (Å²) >= 11 is 2.76. The Morgan fingerprint density at radius 1 is 1.00 bits per heavy atom. The van der Waals surface area contributed by atoms with E-state index in [1.165, 1.54) is 23.9 Å². The van der Waals surface area contributed by atoms with E-state index in [2.05, 4.69) is 14.1 Å². The number of rotatable bonds is 0. The van der Waals surface area contributed by atoms with Crippen molar-refractivity contribution in [2.45, 2.75) is 10.1 Å². The second kappa shape index (κ2) is 2.17. The van der Waals surface area contributed by atoms with E-state index in [0.29, 0.717) is 0 Å². The molecule has 1 aliphatic rings. The Morgan fingerprint density at radius 3 is 2.11 bits per heavy atom. The average Bonchev–Trinajstić information content (AvgIpc) is 2.33. The molecule has 0 aromatic carbocycles. The van der Waals surface area contributed by atoms with Gasteiger partial charge < -0.3 is 0 Å². The molecule has 1 radical (unpaired) electrons. The van der Waals surface area contributed by atoms with E-state index in [4.69, 9.17) is 0 Å². The molecule has 3 nitrogen and oxygen atoms in total. The maximum atomic E-state index is 4.05. The minimum absolute atomic E-state index is 0.919. The Kier molecular flexibility index (Phi) is 1.33. The third-order valence-electron chi connectivity index (χ3n) is 0.881. The largest absolute Gasteiger partial charge is 0.244 e. The summed E-state index contributed by atoms with van der Waals surface area (Å²) in [4.78, 5) is 8.09. The lowest BCUT2D eigenvalue weighted by atomic mass is 10.8. The molecular weight excluding hydrogens is 154 g/mol. The van der Waals surface area contributed by atoms with Crippen LogP contribution in [0.1, 0.15) is 0 Å². The zero-order valence-corrected chi connectivity index (χ0v) is 5.95. The minimum Gasteiger partial charge on any atom is -0.244 e. The molecule has 2 heterocycles. The normalized spacial score (nSPS) is 15.6. The van der Waals surface area contributed by atoms with Gasteiger partial charge in [0.1, 0.15) is 10.1 Å². The van der Waals surface area contributed by atoms with Crippen LogP contribution in [0.15, 0.2) is 22.4 Å². The van der Waals surface area contributed by atoms with Gasteiger partial charge in [-0.1, -0.05) is 4.13 Å². The first-order valence-electron chi connectivity index (χ1n) is 2.32. The number of nitrogens with zero attached hydrogens (tertiary/aromatic N) is 3. The van der Waals surface area contributed by atoms with Gasteiger partial charge >= 0.3 is 0 Å². The van der Waals surface area contributed by atoms with Crippen molar-refractivity contribution in [2.75, 3.05) is 0 Å². The molecule has 0 saturated carbocycles. The lowest BCUT2D eigenvalue weighted by Gasteiger charge is -1.86. The van der Waals surface area contributed by atoms with E-state index < -0.39 is 0 Å². The van der Waals surface area contributed by atoms with E-state index >= 15 is 0 Å². The van der Waals surface area contributed by atoms with E-state index in [-0.39, 0.29) is 0 Å². The quantitative estimate of drug-likeness (QED) is 0.527. The molecule has 0 amide bonds. The Hall–Kier alpha value is -0.260. The molecule has 9 heavy (non-hydrogen) atoms. The lowest BCUT2D eigenvalue weighted by Crippen LogP contribution is -1.79. The monoisotopic (exact) mass is 156 g/mol. The van der Waals surface area contributed by atoms with Gasteiger partial charge in [-0.2, -0.15) is 0 Å². The molecule has 0 aliphatic carbocycles. The predicted octanol–water partition coefficient (Wildman–Crippen LogP) is 1.11. The van der Waals surface area contributed by atoms with Gasteiger partial charge in [-0.15, -0.1) is 0 Å². The highest BCUT2D eigenvalue weighted by Crippen LogP contribution is 2.34. The van der Waals surface area contributed by atoms with Gasteiger partial charge in [-0.05, 0) is 0 Å². The third-order valence-corrected chi connectivity index (χ3v) is 2.55. The van der Waals surface area contributed by atoms with Crippen LogP contribution in [-0.2, 0) is 0 Å². The first-order valence-corrected chi connectivity index (χ1v) is 3.87. The molecule has 5 heteroatoms. The zero-order valence-electron chi connectivity index (χ0n) is 4.31. The van der Waals surface area contributed by atoms with Crippen LogP contribution in [0.4, 0.5) is 0 Å². The van der Waals surface area contributed by atoms with Crippen molar-refractivity contribution in [1.29, 1.82) is 0 Å². The summed E-state index contributed by atoms with van der Waals surface area (Å²) in [6.07, 6.45) is 3.35. The van der Waals surface area contributed by atoms with Gasteiger partial charge in [0.15, 0.2) is 0 Å². The second-order valence-electron chi connectivity index (χ2n) is 1.42. The summed E-state index contributed by atoms with van der Waals surface area (Å²) in [6, 6.07) is 0. The van der Waals surface area contributed by atoms with Crippen molar-refractivity contribution in [1.82, 2.24) is 14.1 Å². The van der Waals surface area contributed by atoms with Crippen LogP contribution in [0.25, 0.3) is 0 Å². The highest BCUT2D eigenvalue weighted by atomic mass is 32.2. The first-order chi connectivity index (χ1) is 4.47. The number of aromatic nitrogens is 2. The topological polar surface area (TPSA) is 39.9 Å². The second-order valence-corrected chi connectivity index (χ2v) is 3.16. The molecule has 45 valence electrons. The summed E-state index contributed by atoms with van der Waals surface area (Å²) < 4.78 is 3.96. The molecular formula is C4H2N3S2. The van der Waals surface area contributed by atoms with Gasteiger partial charge in [-0.3, -0.25) is 0 Å². The minimum atomic E-state index is 0.919. The van der Waals surface area contributed by atoms with Crippen LogP contribution < -0.4 is 4.13 Å². The molecule has 0 saturated heterocycles. The Labute approximate surface area is 60.9 Å². The van der Waals surface area contributed by atoms with E-state index in [0.717, 1.165) is 10.1 Å². The fourth-order valence-corrected chi connectivity index (χ4v) is 1.94.